The van der Waals surface area contributed by atoms with E-state index < -0.39 is 0 Å². The van der Waals surface area contributed by atoms with Crippen LogP contribution in [-0.2, 0) is 4.79 Å². The van der Waals surface area contributed by atoms with Crippen molar-refractivity contribution in [1.29, 1.82) is 0 Å². The third-order valence-electron chi connectivity index (χ3n) is 4.48. The van der Waals surface area contributed by atoms with Gasteiger partial charge in [0.2, 0.25) is 5.91 Å². The summed E-state index contributed by atoms with van der Waals surface area (Å²) < 4.78 is 0. The second kappa shape index (κ2) is 6.77. The summed E-state index contributed by atoms with van der Waals surface area (Å²) in [5.74, 6) is 1.88. The van der Waals surface area contributed by atoms with E-state index in [0.717, 1.165) is 28.3 Å². The monoisotopic (exact) mass is 349 g/mol. The molecule has 1 aliphatic heterocycles. The number of carbonyl (C=O) groups excluding carboxylic acids is 1. The average Bonchev–Trinajstić information content (AvgIpc) is 2.79. The summed E-state index contributed by atoms with van der Waals surface area (Å²) in [5.41, 5.74) is 1.24. The largest absolute Gasteiger partial charge is 0.341 e. The van der Waals surface area contributed by atoms with Crippen LogP contribution in [0.15, 0.2) is 11.4 Å². The molecule has 1 fully saturated rings. The zero-order valence-electron chi connectivity index (χ0n) is 14.1. The van der Waals surface area contributed by atoms with Crippen LogP contribution in [0.5, 0.6) is 0 Å². The fourth-order valence-electron chi connectivity index (χ4n) is 3.35. The molecule has 0 saturated carbocycles. The quantitative estimate of drug-likeness (QED) is 0.623. The number of nitrogens with zero attached hydrogens (tertiary/aromatic N) is 3. The van der Waals surface area contributed by atoms with E-state index in [1.54, 1.807) is 29.4 Å². The van der Waals surface area contributed by atoms with Crippen LogP contribution in [0.2, 0.25) is 0 Å². The Labute approximate surface area is 145 Å². The van der Waals surface area contributed by atoms with E-state index in [1.807, 2.05) is 4.90 Å². The van der Waals surface area contributed by atoms with Gasteiger partial charge in [0.15, 0.2) is 0 Å². The number of aryl methyl sites for hydroxylation is 2. The number of thiophene rings is 1. The SMILES string of the molecule is Cc1sc2ncnc(SCC(=O)N3C[C@@H](C)C[C@H](C)C3)c2c1C. The number of likely N-dealkylation sites (tertiary alicyclic amines) is 1. The number of rotatable bonds is 3. The van der Waals surface area contributed by atoms with E-state index >= 15 is 0 Å². The van der Waals surface area contributed by atoms with Crippen molar-refractivity contribution in [1.82, 2.24) is 14.9 Å². The van der Waals surface area contributed by atoms with Gasteiger partial charge in [0.25, 0.3) is 0 Å². The highest BCUT2D eigenvalue weighted by molar-refractivity contribution is 8.00. The summed E-state index contributed by atoms with van der Waals surface area (Å²) in [4.78, 5) is 25.6. The molecule has 0 spiro atoms. The predicted octanol–water partition coefficient (Wildman–Crippen LogP) is 3.90. The number of piperidine rings is 1. The predicted molar refractivity (Wildman–Crippen MR) is 97.1 cm³/mol. The van der Waals surface area contributed by atoms with E-state index in [2.05, 4.69) is 37.7 Å². The molecule has 4 nitrogen and oxygen atoms in total. The summed E-state index contributed by atoms with van der Waals surface area (Å²) in [5, 5.41) is 2.05. The van der Waals surface area contributed by atoms with E-state index in [4.69, 9.17) is 0 Å². The van der Waals surface area contributed by atoms with Crippen LogP contribution in [0.25, 0.3) is 10.2 Å². The van der Waals surface area contributed by atoms with Gasteiger partial charge in [-0.15, -0.1) is 11.3 Å². The molecule has 0 unspecified atom stereocenters. The Morgan fingerprint density at radius 2 is 2.00 bits per heavy atom. The molecular formula is C17H23N3OS2. The molecular weight excluding hydrogens is 326 g/mol. The fraction of sp³-hybridized carbons (Fsp3) is 0.588. The van der Waals surface area contributed by atoms with Gasteiger partial charge in [-0.25, -0.2) is 9.97 Å². The molecule has 0 aliphatic carbocycles. The highest BCUT2D eigenvalue weighted by atomic mass is 32.2. The van der Waals surface area contributed by atoms with Crippen molar-refractivity contribution in [2.24, 2.45) is 11.8 Å². The van der Waals surface area contributed by atoms with Gasteiger partial charge in [-0.3, -0.25) is 4.79 Å². The molecule has 6 heteroatoms. The minimum absolute atomic E-state index is 0.227. The van der Waals surface area contributed by atoms with E-state index in [-0.39, 0.29) is 5.91 Å². The van der Waals surface area contributed by atoms with Gasteiger partial charge in [0, 0.05) is 23.4 Å². The molecule has 0 bridgehead atoms. The Balaban J connectivity index is 1.72. The van der Waals surface area contributed by atoms with Crippen LogP contribution < -0.4 is 0 Å². The van der Waals surface area contributed by atoms with Crippen LogP contribution >= 0.6 is 23.1 Å². The Bertz CT molecular complexity index is 718. The van der Waals surface area contributed by atoms with Crippen molar-refractivity contribution in [2.45, 2.75) is 39.1 Å². The number of hydrogen-bond donors (Lipinski definition) is 0. The lowest BCUT2D eigenvalue weighted by Gasteiger charge is -2.35. The molecule has 3 heterocycles. The third kappa shape index (κ3) is 3.53. The summed E-state index contributed by atoms with van der Waals surface area (Å²) in [6.45, 7) is 10.5. The minimum atomic E-state index is 0.227. The first-order valence-corrected chi connectivity index (χ1v) is 9.87. The van der Waals surface area contributed by atoms with Gasteiger partial charge >= 0.3 is 0 Å². The molecule has 2 aromatic rings. The summed E-state index contributed by atoms with van der Waals surface area (Å²) >= 11 is 3.24. The second-order valence-corrected chi connectivity index (χ2v) is 8.84. The summed E-state index contributed by atoms with van der Waals surface area (Å²) in [6.07, 6.45) is 2.83. The maximum absolute atomic E-state index is 12.6. The summed E-state index contributed by atoms with van der Waals surface area (Å²) in [7, 11) is 0. The molecule has 0 N–H and O–H groups in total. The van der Waals surface area contributed by atoms with Crippen LogP contribution in [0.1, 0.15) is 30.7 Å². The lowest BCUT2D eigenvalue weighted by molar-refractivity contribution is -0.130. The second-order valence-electron chi connectivity index (χ2n) is 6.68. The van der Waals surface area contributed by atoms with Crippen molar-refractivity contribution in [3.05, 3.63) is 16.8 Å². The summed E-state index contributed by atoms with van der Waals surface area (Å²) in [6, 6.07) is 0. The van der Waals surface area contributed by atoms with Crippen LogP contribution in [0, 0.1) is 25.7 Å². The lowest BCUT2D eigenvalue weighted by Crippen LogP contribution is -2.43. The Morgan fingerprint density at radius 1 is 1.30 bits per heavy atom. The van der Waals surface area contributed by atoms with E-state index in [1.165, 1.54) is 16.9 Å². The first-order chi connectivity index (χ1) is 11.0. The average molecular weight is 350 g/mol. The number of carbonyl (C=O) groups is 1. The van der Waals surface area contributed by atoms with Crippen molar-refractivity contribution in [3.8, 4) is 0 Å². The van der Waals surface area contributed by atoms with E-state index in [9.17, 15) is 4.79 Å². The topological polar surface area (TPSA) is 46.1 Å². The lowest BCUT2D eigenvalue weighted by atomic mass is 9.92. The van der Waals surface area contributed by atoms with Gasteiger partial charge in [-0.05, 0) is 37.7 Å². The fourth-order valence-corrected chi connectivity index (χ4v) is 5.37. The molecule has 1 amide bonds. The van der Waals surface area contributed by atoms with Crippen molar-refractivity contribution in [2.75, 3.05) is 18.8 Å². The van der Waals surface area contributed by atoms with Gasteiger partial charge < -0.3 is 4.90 Å². The molecule has 1 saturated heterocycles. The smallest absolute Gasteiger partial charge is 0.233 e. The number of hydrogen-bond acceptors (Lipinski definition) is 5. The number of amides is 1. The Morgan fingerprint density at radius 3 is 2.70 bits per heavy atom. The molecule has 1 aliphatic rings. The molecule has 124 valence electrons. The third-order valence-corrected chi connectivity index (χ3v) is 6.57. The van der Waals surface area contributed by atoms with Crippen molar-refractivity contribution in [3.63, 3.8) is 0 Å². The molecule has 0 radical (unpaired) electrons. The maximum Gasteiger partial charge on any atom is 0.233 e. The first-order valence-electron chi connectivity index (χ1n) is 8.07. The minimum Gasteiger partial charge on any atom is -0.341 e. The molecule has 0 aromatic carbocycles. The maximum atomic E-state index is 12.6. The van der Waals surface area contributed by atoms with Crippen LogP contribution in [-0.4, -0.2) is 39.6 Å². The van der Waals surface area contributed by atoms with Crippen LogP contribution in [0.3, 0.4) is 0 Å². The van der Waals surface area contributed by atoms with E-state index in [0.29, 0.717) is 17.6 Å². The molecule has 3 rings (SSSR count). The van der Waals surface area contributed by atoms with Crippen molar-refractivity contribution < 1.29 is 4.79 Å². The Kier molecular flexibility index (Phi) is 4.92. The highest BCUT2D eigenvalue weighted by Crippen LogP contribution is 2.34. The number of thioether (sulfide) groups is 1. The number of fused-ring (bicyclic) bond motifs is 1. The Hall–Kier alpha value is -1.14. The van der Waals surface area contributed by atoms with Crippen molar-refractivity contribution >= 4 is 39.2 Å². The van der Waals surface area contributed by atoms with Gasteiger partial charge in [-0.2, -0.15) is 0 Å². The standard InChI is InChI=1S/C17H23N3OS2/c1-10-5-11(2)7-20(6-10)14(21)8-22-16-15-12(3)13(4)23-17(15)19-9-18-16/h9-11H,5-8H2,1-4H3/t10-,11-/m0/s1. The zero-order valence-corrected chi connectivity index (χ0v) is 15.8. The normalized spacial score (nSPS) is 21.8. The molecule has 2 atom stereocenters. The van der Waals surface area contributed by atoms with Crippen LogP contribution in [0.4, 0.5) is 0 Å². The van der Waals surface area contributed by atoms with Gasteiger partial charge in [-0.1, -0.05) is 25.6 Å². The van der Waals surface area contributed by atoms with Gasteiger partial charge in [0.1, 0.15) is 16.2 Å². The zero-order chi connectivity index (χ0) is 16.6. The first kappa shape index (κ1) is 16.7. The molecule has 2 aromatic heterocycles. The van der Waals surface area contributed by atoms with Gasteiger partial charge in [0.05, 0.1) is 5.75 Å². The molecule has 23 heavy (non-hydrogen) atoms. The number of aromatic nitrogens is 2. The highest BCUT2D eigenvalue weighted by Gasteiger charge is 2.25.